The Balaban J connectivity index is 1.45. The van der Waals surface area contributed by atoms with Crippen LogP contribution in [0.3, 0.4) is 0 Å². The van der Waals surface area contributed by atoms with Gasteiger partial charge in [0.15, 0.2) is 0 Å². The van der Waals surface area contributed by atoms with E-state index in [1.807, 2.05) is 13.0 Å². The second-order valence-electron chi connectivity index (χ2n) is 8.82. The van der Waals surface area contributed by atoms with Gasteiger partial charge in [0, 0.05) is 19.3 Å². The topological polar surface area (TPSA) is 118 Å². The lowest BCUT2D eigenvalue weighted by Crippen LogP contribution is -2.54. The zero-order valence-corrected chi connectivity index (χ0v) is 20.7. The highest BCUT2D eigenvalue weighted by Crippen LogP contribution is 2.32. The molecule has 2 aliphatic heterocycles. The Morgan fingerprint density at radius 1 is 1.14 bits per heavy atom. The molecule has 0 spiro atoms. The molecular formula is C26H32N4O6. The molecule has 2 aromatic rings. The van der Waals surface area contributed by atoms with Gasteiger partial charge in [-0.3, -0.25) is 9.59 Å². The first-order valence-electron chi connectivity index (χ1n) is 12.1. The van der Waals surface area contributed by atoms with E-state index in [2.05, 4.69) is 16.0 Å². The van der Waals surface area contributed by atoms with Crippen LogP contribution in [0, 0.1) is 0 Å². The van der Waals surface area contributed by atoms with E-state index in [0.717, 1.165) is 0 Å². The summed E-state index contributed by atoms with van der Waals surface area (Å²) in [5, 5.41) is 8.31. The van der Waals surface area contributed by atoms with Gasteiger partial charge in [0.25, 0.3) is 5.91 Å². The van der Waals surface area contributed by atoms with E-state index >= 15 is 0 Å². The summed E-state index contributed by atoms with van der Waals surface area (Å²) < 4.78 is 17.4. The van der Waals surface area contributed by atoms with Crippen LogP contribution in [0.5, 0.6) is 11.5 Å². The monoisotopic (exact) mass is 496 g/mol. The number of methoxy groups -OCH3 is 1. The van der Waals surface area contributed by atoms with E-state index in [1.165, 1.54) is 7.11 Å². The van der Waals surface area contributed by atoms with Crippen molar-refractivity contribution in [3.05, 3.63) is 48.0 Å². The van der Waals surface area contributed by atoms with Crippen LogP contribution in [0.25, 0.3) is 0 Å². The molecule has 0 bridgehead atoms. The largest absolute Gasteiger partial charge is 0.495 e. The highest BCUT2D eigenvalue weighted by molar-refractivity contribution is 6.03. The van der Waals surface area contributed by atoms with Gasteiger partial charge in [0.2, 0.25) is 5.91 Å². The Kier molecular flexibility index (Phi) is 7.94. The van der Waals surface area contributed by atoms with Crippen molar-refractivity contribution >= 4 is 29.2 Å². The molecule has 3 N–H and O–H groups in total. The summed E-state index contributed by atoms with van der Waals surface area (Å²) in [7, 11) is 3.28. The number of carbonyl (C=O) groups is 3. The average Bonchev–Trinajstić information content (AvgIpc) is 2.87. The lowest BCUT2D eigenvalue weighted by molar-refractivity contribution is -0.133. The fourth-order valence-corrected chi connectivity index (χ4v) is 4.61. The van der Waals surface area contributed by atoms with Gasteiger partial charge in [-0.15, -0.1) is 0 Å². The molecule has 192 valence electrons. The van der Waals surface area contributed by atoms with Gasteiger partial charge in [-0.25, -0.2) is 4.79 Å². The quantitative estimate of drug-likeness (QED) is 0.565. The van der Waals surface area contributed by atoms with Gasteiger partial charge in [0.1, 0.15) is 24.2 Å². The number of amides is 4. The molecule has 0 saturated carbocycles. The number of rotatable bonds is 6. The predicted octanol–water partition coefficient (Wildman–Crippen LogP) is 3.25. The molecule has 2 aromatic carbocycles. The van der Waals surface area contributed by atoms with Crippen molar-refractivity contribution in [2.75, 3.05) is 37.9 Å². The summed E-state index contributed by atoms with van der Waals surface area (Å²) in [6.07, 6.45) is 1.11. The van der Waals surface area contributed by atoms with Crippen molar-refractivity contribution in [2.45, 2.75) is 44.4 Å². The number of anilines is 2. The van der Waals surface area contributed by atoms with Gasteiger partial charge in [-0.05, 0) is 50.1 Å². The molecule has 1 saturated heterocycles. The van der Waals surface area contributed by atoms with E-state index < -0.39 is 6.03 Å². The maximum absolute atomic E-state index is 13.4. The van der Waals surface area contributed by atoms with Crippen molar-refractivity contribution in [3.8, 4) is 11.5 Å². The second kappa shape index (κ2) is 11.3. The minimum absolute atomic E-state index is 0.0442. The van der Waals surface area contributed by atoms with Gasteiger partial charge >= 0.3 is 6.03 Å². The van der Waals surface area contributed by atoms with E-state index in [9.17, 15) is 14.4 Å². The van der Waals surface area contributed by atoms with Crippen LogP contribution in [-0.4, -0.2) is 68.3 Å². The first kappa shape index (κ1) is 25.3. The summed E-state index contributed by atoms with van der Waals surface area (Å²) in [5.74, 6) is 0.681. The molecule has 1 fully saturated rings. The molecule has 0 aromatic heterocycles. The highest BCUT2D eigenvalue weighted by atomic mass is 16.5. The maximum Gasteiger partial charge on any atom is 0.323 e. The summed E-state index contributed by atoms with van der Waals surface area (Å²) in [6.45, 7) is 2.71. The molecule has 4 rings (SSSR count). The van der Waals surface area contributed by atoms with Gasteiger partial charge < -0.3 is 35.1 Å². The number of ether oxygens (including phenoxy) is 3. The number of para-hydroxylation sites is 2. The van der Waals surface area contributed by atoms with Crippen LogP contribution in [0.1, 0.15) is 36.5 Å². The Labute approximate surface area is 210 Å². The van der Waals surface area contributed by atoms with Crippen LogP contribution < -0.4 is 25.4 Å². The number of urea groups is 1. The molecular weight excluding hydrogens is 464 g/mol. The summed E-state index contributed by atoms with van der Waals surface area (Å²) >= 11 is 0. The van der Waals surface area contributed by atoms with E-state index in [1.54, 1.807) is 48.3 Å². The smallest absolute Gasteiger partial charge is 0.323 e. The number of likely N-dealkylation sites (N-methyl/N-ethyl adjacent to an activating group) is 1. The van der Waals surface area contributed by atoms with Crippen LogP contribution in [0.2, 0.25) is 0 Å². The molecule has 3 atom stereocenters. The van der Waals surface area contributed by atoms with E-state index in [4.69, 9.17) is 14.2 Å². The first-order chi connectivity index (χ1) is 17.4. The van der Waals surface area contributed by atoms with E-state index in [-0.39, 0.29) is 43.1 Å². The molecule has 10 nitrogen and oxygen atoms in total. The van der Waals surface area contributed by atoms with Crippen molar-refractivity contribution in [1.29, 1.82) is 0 Å². The number of fused-ring (bicyclic) bond motifs is 2. The summed E-state index contributed by atoms with van der Waals surface area (Å²) in [5.41, 5.74) is 1.33. The Hall–Kier alpha value is -3.79. The molecule has 0 unspecified atom stereocenters. The van der Waals surface area contributed by atoms with Crippen LogP contribution in [0.4, 0.5) is 16.2 Å². The van der Waals surface area contributed by atoms with Gasteiger partial charge in [-0.1, -0.05) is 12.1 Å². The Bertz CT molecular complexity index is 1120. The Morgan fingerprint density at radius 2 is 1.94 bits per heavy atom. The standard InChI is InChI=1S/C26H32N4O6/c1-4-27-24(31)14-17-10-11-20-23(36-17)15-35-21-12-9-16(13-18(21)25(32)30(20)2)28-26(33)29-19-7-5-6-8-22(19)34-3/h5-9,12-13,17,20,23H,4,10-11,14-15H2,1-3H3,(H,27,31)(H2,28,29,33)/t17-,20+,23+/m1/s1. The minimum atomic E-state index is -0.467. The SMILES string of the molecule is CCNC(=O)C[C@H]1CC[C@H]2[C@H](COc3ccc(NC(=O)Nc4ccccc4OC)cc3C(=O)N2C)O1. The summed E-state index contributed by atoms with van der Waals surface area (Å²) in [4.78, 5) is 39.6. The number of benzene rings is 2. The predicted molar refractivity (Wildman–Crippen MR) is 135 cm³/mol. The van der Waals surface area contributed by atoms with E-state index in [0.29, 0.717) is 47.8 Å². The lowest BCUT2D eigenvalue weighted by atomic mass is 9.94. The molecule has 0 radical (unpaired) electrons. The lowest BCUT2D eigenvalue weighted by Gasteiger charge is -2.42. The zero-order valence-electron chi connectivity index (χ0n) is 20.7. The fraction of sp³-hybridized carbons (Fsp3) is 0.423. The maximum atomic E-state index is 13.4. The van der Waals surface area contributed by atoms with Crippen molar-refractivity contribution in [2.24, 2.45) is 0 Å². The molecule has 4 amide bonds. The van der Waals surface area contributed by atoms with Gasteiger partial charge in [0.05, 0.1) is 36.9 Å². The van der Waals surface area contributed by atoms with Crippen molar-refractivity contribution in [1.82, 2.24) is 10.2 Å². The first-order valence-corrected chi connectivity index (χ1v) is 12.1. The van der Waals surface area contributed by atoms with Crippen molar-refractivity contribution < 1.29 is 28.6 Å². The third-order valence-electron chi connectivity index (χ3n) is 6.41. The number of nitrogens with zero attached hydrogens (tertiary/aromatic N) is 1. The third kappa shape index (κ3) is 5.71. The molecule has 36 heavy (non-hydrogen) atoms. The highest BCUT2D eigenvalue weighted by Gasteiger charge is 2.39. The zero-order chi connectivity index (χ0) is 25.7. The second-order valence-corrected chi connectivity index (χ2v) is 8.82. The summed E-state index contributed by atoms with van der Waals surface area (Å²) in [6, 6.07) is 11.4. The van der Waals surface area contributed by atoms with Crippen LogP contribution in [0.15, 0.2) is 42.5 Å². The van der Waals surface area contributed by atoms with Crippen LogP contribution in [-0.2, 0) is 9.53 Å². The molecule has 2 aliphatic rings. The van der Waals surface area contributed by atoms with Gasteiger partial charge in [-0.2, -0.15) is 0 Å². The van der Waals surface area contributed by atoms with Crippen LogP contribution >= 0.6 is 0 Å². The number of hydrogen-bond donors (Lipinski definition) is 3. The number of carbonyl (C=O) groups excluding carboxylic acids is 3. The molecule has 10 heteroatoms. The van der Waals surface area contributed by atoms with Crippen molar-refractivity contribution in [3.63, 3.8) is 0 Å². The Morgan fingerprint density at radius 3 is 2.72 bits per heavy atom. The molecule has 0 aliphatic carbocycles. The molecule has 2 heterocycles. The minimum Gasteiger partial charge on any atom is -0.495 e. The normalized spacial score (nSPS) is 21.1. The number of hydrogen-bond acceptors (Lipinski definition) is 6. The average molecular weight is 497 g/mol. The third-order valence-corrected chi connectivity index (χ3v) is 6.41. The number of nitrogens with one attached hydrogen (secondary N) is 3. The fourth-order valence-electron chi connectivity index (χ4n) is 4.61.